The van der Waals surface area contributed by atoms with Crippen molar-refractivity contribution >= 4 is 11.0 Å². The van der Waals surface area contributed by atoms with Gasteiger partial charge in [-0.2, -0.15) is 18.3 Å². The number of aromatic nitrogens is 3. The van der Waals surface area contributed by atoms with Crippen LogP contribution < -0.4 is 0 Å². The molecule has 0 spiro atoms. The highest BCUT2D eigenvalue weighted by atomic mass is 19.4. The second-order valence-electron chi connectivity index (χ2n) is 5.39. The molecule has 122 valence electrons. The molecule has 3 rings (SSSR count). The quantitative estimate of drug-likeness (QED) is 0.691. The molecule has 23 heavy (non-hydrogen) atoms. The van der Waals surface area contributed by atoms with Crippen LogP contribution in [-0.2, 0) is 12.7 Å². The summed E-state index contributed by atoms with van der Waals surface area (Å²) in [5.74, 6) is 0.304. The Kier molecular flexibility index (Phi) is 3.87. The summed E-state index contributed by atoms with van der Waals surface area (Å²) in [6, 6.07) is 4.24. The van der Waals surface area contributed by atoms with Crippen molar-refractivity contribution in [1.82, 2.24) is 14.8 Å². The van der Waals surface area contributed by atoms with Gasteiger partial charge in [0.1, 0.15) is 5.69 Å². The third-order valence-corrected chi connectivity index (χ3v) is 3.68. The molecule has 3 aromatic heterocycles. The SMILES string of the molecule is CCCCn1nc(C)c2c(C(F)(F)F)cc(-c3ccco3)nc21. The third-order valence-electron chi connectivity index (χ3n) is 3.68. The highest BCUT2D eigenvalue weighted by molar-refractivity contribution is 5.85. The topological polar surface area (TPSA) is 43.9 Å². The van der Waals surface area contributed by atoms with Gasteiger partial charge < -0.3 is 4.42 Å². The minimum Gasteiger partial charge on any atom is -0.463 e. The maximum absolute atomic E-state index is 13.5. The van der Waals surface area contributed by atoms with E-state index in [1.165, 1.54) is 6.26 Å². The Morgan fingerprint density at radius 2 is 2.09 bits per heavy atom. The number of furan rings is 1. The van der Waals surface area contributed by atoms with Gasteiger partial charge in [-0.3, -0.25) is 0 Å². The molecule has 0 atom stereocenters. The summed E-state index contributed by atoms with van der Waals surface area (Å²) in [6.45, 7) is 4.13. The lowest BCUT2D eigenvalue weighted by Crippen LogP contribution is -2.08. The van der Waals surface area contributed by atoms with Crippen LogP contribution in [0.2, 0.25) is 0 Å². The van der Waals surface area contributed by atoms with Crippen LogP contribution in [0.1, 0.15) is 31.0 Å². The first-order valence-electron chi connectivity index (χ1n) is 7.41. The normalized spacial score (nSPS) is 12.2. The molecular formula is C16H16F3N3O. The predicted octanol–water partition coefficient (Wildman–Crippen LogP) is 4.82. The number of fused-ring (bicyclic) bond motifs is 1. The van der Waals surface area contributed by atoms with E-state index in [1.54, 1.807) is 23.7 Å². The van der Waals surface area contributed by atoms with Crippen molar-refractivity contribution in [2.45, 2.75) is 39.4 Å². The fourth-order valence-corrected chi connectivity index (χ4v) is 2.59. The molecule has 4 nitrogen and oxygen atoms in total. The highest BCUT2D eigenvalue weighted by Crippen LogP contribution is 2.38. The van der Waals surface area contributed by atoms with E-state index in [9.17, 15) is 13.2 Å². The standard InChI is InChI=1S/C16H16F3N3O/c1-3-4-7-22-15-14(10(2)21-22)11(16(17,18)19)9-12(20-15)13-6-5-8-23-13/h5-6,8-9H,3-4,7H2,1-2H3. The number of aryl methyl sites for hydroxylation is 2. The molecule has 0 saturated carbocycles. The Morgan fingerprint density at radius 3 is 2.70 bits per heavy atom. The summed E-state index contributed by atoms with van der Waals surface area (Å²) in [5.41, 5.74) is 0.0146. The first kappa shape index (κ1) is 15.6. The minimum absolute atomic E-state index is 0.0592. The number of nitrogens with zero attached hydrogens (tertiary/aromatic N) is 3. The Balaban J connectivity index is 2.28. The number of hydrogen-bond acceptors (Lipinski definition) is 3. The molecule has 0 aliphatic rings. The van der Waals surface area contributed by atoms with Crippen LogP contribution in [0.5, 0.6) is 0 Å². The second-order valence-corrected chi connectivity index (χ2v) is 5.39. The monoisotopic (exact) mass is 323 g/mol. The van der Waals surface area contributed by atoms with Crippen molar-refractivity contribution in [3.8, 4) is 11.5 Å². The molecule has 3 aromatic rings. The van der Waals surface area contributed by atoms with Crippen LogP contribution in [0, 0.1) is 6.92 Å². The molecule has 3 heterocycles. The van der Waals surface area contributed by atoms with Crippen molar-refractivity contribution in [2.75, 3.05) is 0 Å². The van der Waals surface area contributed by atoms with Crippen molar-refractivity contribution < 1.29 is 17.6 Å². The number of alkyl halides is 3. The average molecular weight is 323 g/mol. The number of unbranched alkanes of at least 4 members (excludes halogenated alkanes) is 1. The summed E-state index contributed by atoms with van der Waals surface area (Å²) in [7, 11) is 0. The van der Waals surface area contributed by atoms with Crippen LogP contribution in [0.4, 0.5) is 13.2 Å². The van der Waals surface area contributed by atoms with Gasteiger partial charge in [0.15, 0.2) is 11.4 Å². The third kappa shape index (κ3) is 2.83. The summed E-state index contributed by atoms with van der Waals surface area (Å²) in [4.78, 5) is 4.37. The van der Waals surface area contributed by atoms with Gasteiger partial charge in [-0.1, -0.05) is 13.3 Å². The summed E-state index contributed by atoms with van der Waals surface area (Å²) in [5, 5.41) is 4.31. The summed E-state index contributed by atoms with van der Waals surface area (Å²) >= 11 is 0. The molecule has 0 saturated heterocycles. The molecule has 0 bridgehead atoms. The maximum atomic E-state index is 13.5. The number of rotatable bonds is 4. The van der Waals surface area contributed by atoms with Crippen molar-refractivity contribution in [3.05, 3.63) is 35.7 Å². The molecule has 0 fully saturated rings. The molecule has 0 radical (unpaired) electrons. The fraction of sp³-hybridized carbons (Fsp3) is 0.375. The van der Waals surface area contributed by atoms with Crippen LogP contribution in [0.15, 0.2) is 28.9 Å². The summed E-state index contributed by atoms with van der Waals surface area (Å²) < 4.78 is 47.2. The lowest BCUT2D eigenvalue weighted by Gasteiger charge is -2.10. The zero-order valence-electron chi connectivity index (χ0n) is 12.8. The van der Waals surface area contributed by atoms with Crippen LogP contribution in [-0.4, -0.2) is 14.8 Å². The molecule has 7 heteroatoms. The molecular weight excluding hydrogens is 307 g/mol. The zero-order chi connectivity index (χ0) is 16.6. The van der Waals surface area contributed by atoms with Gasteiger partial charge in [-0.15, -0.1) is 0 Å². The first-order chi connectivity index (χ1) is 10.9. The Hall–Kier alpha value is -2.31. The largest absolute Gasteiger partial charge is 0.463 e. The minimum atomic E-state index is -4.48. The van der Waals surface area contributed by atoms with Gasteiger partial charge in [0.05, 0.1) is 22.9 Å². The lowest BCUT2D eigenvalue weighted by atomic mass is 10.1. The Morgan fingerprint density at radius 1 is 1.30 bits per heavy atom. The van der Waals surface area contributed by atoms with E-state index in [4.69, 9.17) is 4.42 Å². The van der Waals surface area contributed by atoms with E-state index in [0.29, 0.717) is 18.0 Å². The molecule has 0 N–H and O–H groups in total. The maximum Gasteiger partial charge on any atom is 0.417 e. The molecule has 0 unspecified atom stereocenters. The van der Waals surface area contributed by atoms with Crippen LogP contribution in [0.3, 0.4) is 0 Å². The van der Waals surface area contributed by atoms with Gasteiger partial charge in [-0.25, -0.2) is 9.67 Å². The predicted molar refractivity (Wildman–Crippen MR) is 79.9 cm³/mol. The molecule has 0 aliphatic carbocycles. The van der Waals surface area contributed by atoms with Crippen molar-refractivity contribution in [3.63, 3.8) is 0 Å². The zero-order valence-corrected chi connectivity index (χ0v) is 12.8. The van der Waals surface area contributed by atoms with E-state index in [0.717, 1.165) is 18.9 Å². The first-order valence-corrected chi connectivity index (χ1v) is 7.41. The van der Waals surface area contributed by atoms with Crippen molar-refractivity contribution in [2.24, 2.45) is 0 Å². The van der Waals surface area contributed by atoms with Gasteiger partial charge in [0, 0.05) is 6.54 Å². The van der Waals surface area contributed by atoms with Crippen molar-refractivity contribution in [1.29, 1.82) is 0 Å². The highest BCUT2D eigenvalue weighted by Gasteiger charge is 2.35. The van der Waals surface area contributed by atoms with E-state index < -0.39 is 11.7 Å². The summed E-state index contributed by atoms with van der Waals surface area (Å²) in [6.07, 6.45) is -1.32. The average Bonchev–Trinajstić information content (AvgIpc) is 3.12. The van der Waals surface area contributed by atoms with E-state index >= 15 is 0 Å². The smallest absolute Gasteiger partial charge is 0.417 e. The number of hydrogen-bond donors (Lipinski definition) is 0. The van der Waals surface area contributed by atoms with Crippen LogP contribution in [0.25, 0.3) is 22.5 Å². The van der Waals surface area contributed by atoms with Gasteiger partial charge in [0.2, 0.25) is 0 Å². The second kappa shape index (κ2) is 5.72. The Bertz CT molecular complexity index is 819. The molecule has 0 aliphatic heterocycles. The van der Waals surface area contributed by atoms with Gasteiger partial charge in [-0.05, 0) is 31.5 Å². The van der Waals surface area contributed by atoms with Crippen LogP contribution >= 0.6 is 0 Å². The molecule has 0 aromatic carbocycles. The van der Waals surface area contributed by atoms with E-state index in [2.05, 4.69) is 10.1 Å². The number of halogens is 3. The van der Waals surface area contributed by atoms with Gasteiger partial charge >= 0.3 is 6.18 Å². The van der Waals surface area contributed by atoms with Gasteiger partial charge in [0.25, 0.3) is 0 Å². The lowest BCUT2D eigenvalue weighted by molar-refractivity contribution is -0.136. The number of pyridine rings is 1. The molecule has 0 amide bonds. The van der Waals surface area contributed by atoms with E-state index in [-0.39, 0.29) is 16.7 Å². The Labute approximate surface area is 130 Å². The fourth-order valence-electron chi connectivity index (χ4n) is 2.59. The van der Waals surface area contributed by atoms with E-state index in [1.807, 2.05) is 6.92 Å².